The zero-order chi connectivity index (χ0) is 22.8. The maximum Gasteiger partial charge on any atom is 0.279 e. The third-order valence-electron chi connectivity index (χ3n) is 5.21. The summed E-state index contributed by atoms with van der Waals surface area (Å²) in [6, 6.07) is 13.1. The highest BCUT2D eigenvalue weighted by Crippen LogP contribution is 2.18. The molecule has 0 fully saturated rings. The van der Waals surface area contributed by atoms with Crippen molar-refractivity contribution in [1.29, 1.82) is 0 Å². The highest BCUT2D eigenvalue weighted by Gasteiger charge is 2.20. The van der Waals surface area contributed by atoms with E-state index < -0.39 is 11.4 Å². The Labute approximate surface area is 183 Å². The molecule has 0 atom stereocenters. The number of anilines is 1. The second-order valence-corrected chi connectivity index (χ2v) is 7.51. The van der Waals surface area contributed by atoms with Crippen molar-refractivity contribution < 1.29 is 9.18 Å². The van der Waals surface area contributed by atoms with Gasteiger partial charge < -0.3 is 9.88 Å². The van der Waals surface area contributed by atoms with Crippen LogP contribution in [0.5, 0.6) is 0 Å². The Morgan fingerprint density at radius 2 is 1.81 bits per heavy atom. The first kappa shape index (κ1) is 21.2. The normalized spacial score (nSPS) is 11.0. The van der Waals surface area contributed by atoms with E-state index in [4.69, 9.17) is 0 Å². The average Bonchev–Trinajstić information content (AvgIpc) is 3.22. The number of carbonyl (C=O) groups excluding carboxylic acids is 1. The van der Waals surface area contributed by atoms with Crippen LogP contribution in [0.2, 0.25) is 0 Å². The van der Waals surface area contributed by atoms with Crippen molar-refractivity contribution in [3.05, 3.63) is 94.2 Å². The zero-order valence-electron chi connectivity index (χ0n) is 17.8. The third kappa shape index (κ3) is 4.07. The largest absolute Gasteiger partial charge is 0.326 e. The number of benzene rings is 2. The minimum absolute atomic E-state index is 0.158. The molecule has 1 N–H and O–H groups in total. The Hall–Kier alpha value is -4.07. The van der Waals surface area contributed by atoms with Crippen molar-refractivity contribution in [2.45, 2.75) is 26.8 Å². The lowest BCUT2D eigenvalue weighted by atomic mass is 10.1. The molecule has 4 aromatic rings. The number of carbonyl (C=O) groups is 1. The monoisotopic (exact) mass is 431 g/mol. The van der Waals surface area contributed by atoms with Crippen molar-refractivity contribution in [2.75, 3.05) is 5.32 Å². The van der Waals surface area contributed by atoms with Gasteiger partial charge in [0.15, 0.2) is 5.82 Å². The molecule has 4 rings (SSSR count). The summed E-state index contributed by atoms with van der Waals surface area (Å²) < 4.78 is 16.1. The van der Waals surface area contributed by atoms with Gasteiger partial charge in [-0.2, -0.15) is 9.50 Å². The molecular formula is C24H22FN5O2. The molecule has 162 valence electrons. The van der Waals surface area contributed by atoms with E-state index in [1.807, 2.05) is 31.2 Å². The molecule has 0 spiro atoms. The van der Waals surface area contributed by atoms with E-state index in [0.29, 0.717) is 35.1 Å². The van der Waals surface area contributed by atoms with Crippen molar-refractivity contribution >= 4 is 17.4 Å². The third-order valence-corrected chi connectivity index (χ3v) is 5.21. The summed E-state index contributed by atoms with van der Waals surface area (Å²) in [4.78, 5) is 30.4. The number of aromatic nitrogens is 4. The fourth-order valence-corrected chi connectivity index (χ4v) is 3.49. The molecule has 0 aliphatic carbocycles. The summed E-state index contributed by atoms with van der Waals surface area (Å²) in [5.74, 6) is 0.0187. The minimum atomic E-state index is -0.405. The highest BCUT2D eigenvalue weighted by molar-refractivity contribution is 5.92. The van der Waals surface area contributed by atoms with Gasteiger partial charge in [-0.25, -0.2) is 4.39 Å². The Balaban J connectivity index is 1.76. The second-order valence-electron chi connectivity index (χ2n) is 7.51. The van der Waals surface area contributed by atoms with Crippen molar-refractivity contribution in [3.63, 3.8) is 0 Å². The van der Waals surface area contributed by atoms with Gasteiger partial charge in [-0.3, -0.25) is 9.59 Å². The number of allylic oxidation sites excluding steroid dienone is 1. The van der Waals surface area contributed by atoms with Gasteiger partial charge in [-0.1, -0.05) is 35.9 Å². The molecule has 2 aromatic heterocycles. The van der Waals surface area contributed by atoms with E-state index in [2.05, 4.69) is 22.0 Å². The molecule has 0 saturated carbocycles. The standard InChI is InChI=1S/C24H22FN5O2/c1-4-13-29-16(3)20(14-21(31)26-19-11-9-18(25)10-12-19)23(32)30-24(29)27-22(28-30)17-7-5-15(2)6-8-17/h4-12H,1,13-14H2,2-3H3,(H,26,31). The topological polar surface area (TPSA) is 81.3 Å². The number of halogens is 1. The molecule has 0 aliphatic rings. The van der Waals surface area contributed by atoms with Gasteiger partial charge in [0.05, 0.1) is 6.42 Å². The number of rotatable bonds is 6. The van der Waals surface area contributed by atoms with Crippen LogP contribution in [0.15, 0.2) is 66.0 Å². The summed E-state index contributed by atoms with van der Waals surface area (Å²) in [6.45, 7) is 7.94. The molecule has 2 aromatic carbocycles. The summed E-state index contributed by atoms with van der Waals surface area (Å²) in [7, 11) is 0. The maximum absolute atomic E-state index is 13.2. The van der Waals surface area contributed by atoms with Gasteiger partial charge >= 0.3 is 0 Å². The van der Waals surface area contributed by atoms with E-state index in [1.54, 1.807) is 17.6 Å². The molecule has 1 amide bonds. The molecule has 0 radical (unpaired) electrons. The maximum atomic E-state index is 13.2. The van der Waals surface area contributed by atoms with Crippen molar-refractivity contribution in [1.82, 2.24) is 19.2 Å². The first-order valence-corrected chi connectivity index (χ1v) is 10.1. The van der Waals surface area contributed by atoms with Crippen LogP contribution in [0, 0.1) is 19.7 Å². The number of nitrogens with one attached hydrogen (secondary N) is 1. The van der Waals surface area contributed by atoms with Crippen LogP contribution in [-0.2, 0) is 17.8 Å². The number of nitrogens with zero attached hydrogens (tertiary/aromatic N) is 4. The summed E-state index contributed by atoms with van der Waals surface area (Å²) in [5, 5.41) is 7.11. The lowest BCUT2D eigenvalue weighted by molar-refractivity contribution is -0.115. The van der Waals surface area contributed by atoms with Gasteiger partial charge in [-0.15, -0.1) is 11.7 Å². The van der Waals surface area contributed by atoms with Crippen LogP contribution in [0.25, 0.3) is 17.2 Å². The van der Waals surface area contributed by atoms with Gasteiger partial charge in [0.2, 0.25) is 11.7 Å². The molecule has 2 heterocycles. The van der Waals surface area contributed by atoms with Crippen LogP contribution < -0.4 is 10.9 Å². The summed E-state index contributed by atoms with van der Waals surface area (Å²) >= 11 is 0. The number of fused-ring (bicyclic) bond motifs is 1. The number of aryl methyl sites for hydroxylation is 1. The molecular weight excluding hydrogens is 409 g/mol. The van der Waals surface area contributed by atoms with Crippen LogP contribution in [-0.4, -0.2) is 25.1 Å². The van der Waals surface area contributed by atoms with E-state index in [9.17, 15) is 14.0 Å². The summed E-state index contributed by atoms with van der Waals surface area (Å²) in [6.07, 6.45) is 1.54. The fourth-order valence-electron chi connectivity index (χ4n) is 3.49. The number of amides is 1. The fraction of sp³-hybridized carbons (Fsp3) is 0.167. The predicted octanol–water partition coefficient (Wildman–Crippen LogP) is 3.68. The predicted molar refractivity (Wildman–Crippen MR) is 121 cm³/mol. The summed E-state index contributed by atoms with van der Waals surface area (Å²) in [5.41, 5.74) is 2.85. The molecule has 7 nitrogen and oxygen atoms in total. The smallest absolute Gasteiger partial charge is 0.279 e. The average molecular weight is 431 g/mol. The Kier molecular flexibility index (Phi) is 5.68. The van der Waals surface area contributed by atoms with E-state index in [0.717, 1.165) is 11.1 Å². The molecule has 8 heteroatoms. The van der Waals surface area contributed by atoms with Gasteiger partial charge in [0.1, 0.15) is 5.82 Å². The van der Waals surface area contributed by atoms with Gasteiger partial charge in [0, 0.05) is 29.1 Å². The quantitative estimate of drug-likeness (QED) is 0.472. The van der Waals surface area contributed by atoms with Crippen LogP contribution in [0.1, 0.15) is 16.8 Å². The molecule has 0 bridgehead atoms. The van der Waals surface area contributed by atoms with Crippen LogP contribution in [0.4, 0.5) is 10.1 Å². The molecule has 0 unspecified atom stereocenters. The Morgan fingerprint density at radius 1 is 1.12 bits per heavy atom. The lowest BCUT2D eigenvalue weighted by Crippen LogP contribution is -2.29. The SMILES string of the molecule is C=CCn1c(C)c(CC(=O)Nc2ccc(F)cc2)c(=O)n2nc(-c3ccc(C)cc3)nc12. The van der Waals surface area contributed by atoms with Crippen LogP contribution >= 0.6 is 0 Å². The van der Waals surface area contributed by atoms with E-state index in [-0.39, 0.29) is 12.3 Å². The minimum Gasteiger partial charge on any atom is -0.326 e. The number of hydrogen-bond donors (Lipinski definition) is 1. The zero-order valence-corrected chi connectivity index (χ0v) is 17.8. The lowest BCUT2D eigenvalue weighted by Gasteiger charge is -2.14. The molecule has 32 heavy (non-hydrogen) atoms. The highest BCUT2D eigenvalue weighted by atomic mass is 19.1. The first-order chi connectivity index (χ1) is 15.4. The van der Waals surface area contributed by atoms with Crippen molar-refractivity contribution in [2.24, 2.45) is 0 Å². The second kappa shape index (κ2) is 8.58. The van der Waals surface area contributed by atoms with E-state index >= 15 is 0 Å². The van der Waals surface area contributed by atoms with Crippen LogP contribution in [0.3, 0.4) is 0 Å². The van der Waals surface area contributed by atoms with Gasteiger partial charge in [-0.05, 0) is 38.1 Å². The number of hydrogen-bond acceptors (Lipinski definition) is 4. The Bertz CT molecular complexity index is 1370. The molecule has 0 saturated heterocycles. The van der Waals surface area contributed by atoms with Crippen molar-refractivity contribution in [3.8, 4) is 11.4 Å². The first-order valence-electron chi connectivity index (χ1n) is 10.1. The molecule has 0 aliphatic heterocycles. The van der Waals surface area contributed by atoms with Gasteiger partial charge in [0.25, 0.3) is 5.56 Å². The van der Waals surface area contributed by atoms with E-state index in [1.165, 1.54) is 28.8 Å². The Morgan fingerprint density at radius 3 is 2.47 bits per heavy atom.